The Hall–Kier alpha value is -4.39. The first kappa shape index (κ1) is 29.7. The Balaban J connectivity index is 1.47. The maximum atomic E-state index is 13.8. The number of aromatic nitrogens is 4. The Morgan fingerprint density at radius 2 is 1.89 bits per heavy atom. The number of anilines is 1. The molecular weight excluding hydrogens is 622 g/mol. The van der Waals surface area contributed by atoms with E-state index in [0.29, 0.717) is 55.8 Å². The van der Waals surface area contributed by atoms with Crippen LogP contribution in [-0.2, 0) is 15.3 Å². The number of aliphatic hydroxyl groups excluding tert-OH is 1. The summed E-state index contributed by atoms with van der Waals surface area (Å²) < 4.78 is 13.5. The van der Waals surface area contributed by atoms with Crippen LogP contribution in [0.4, 0.5) is 5.13 Å². The lowest BCUT2D eigenvalue weighted by atomic mass is 9.96. The van der Waals surface area contributed by atoms with Crippen LogP contribution in [0, 0.1) is 6.92 Å². The van der Waals surface area contributed by atoms with E-state index in [1.165, 1.54) is 35.1 Å². The van der Waals surface area contributed by atoms with Crippen molar-refractivity contribution in [3.8, 4) is 11.5 Å². The number of aryl methyl sites for hydroxylation is 1. The number of benzene rings is 2. The van der Waals surface area contributed by atoms with Gasteiger partial charge in [0.15, 0.2) is 21.6 Å². The number of thioether (sulfide) groups is 1. The molecule has 10 nitrogen and oxygen atoms in total. The molecule has 1 atom stereocenters. The predicted molar refractivity (Wildman–Crippen MR) is 170 cm³/mol. The zero-order valence-electron chi connectivity index (χ0n) is 23.9. The van der Waals surface area contributed by atoms with Crippen molar-refractivity contribution in [2.45, 2.75) is 30.0 Å². The molecule has 0 aliphatic carbocycles. The second kappa shape index (κ2) is 12.3. The number of Topliss-reactive ketones (excluding diaryl/α,β-unsaturated/α-hetero) is 1. The van der Waals surface area contributed by atoms with E-state index in [1.54, 1.807) is 47.9 Å². The molecule has 0 saturated carbocycles. The number of ketones is 1. The van der Waals surface area contributed by atoms with Gasteiger partial charge in [-0.05, 0) is 55.3 Å². The first-order valence-corrected chi connectivity index (χ1v) is 15.8. The van der Waals surface area contributed by atoms with Crippen LogP contribution >= 0.6 is 34.7 Å². The molecule has 6 rings (SSSR count). The van der Waals surface area contributed by atoms with Crippen LogP contribution in [0.15, 0.2) is 76.8 Å². The van der Waals surface area contributed by atoms with Gasteiger partial charge in [-0.2, -0.15) is 0 Å². The van der Waals surface area contributed by atoms with Crippen LogP contribution in [0.1, 0.15) is 35.5 Å². The number of carbonyl (C=O) groups is 2. The van der Waals surface area contributed by atoms with Crippen LogP contribution in [0.2, 0.25) is 5.02 Å². The standard InChI is InChI=1S/C31H26ClN5O5S2/c1-4-42-21-13-12-18(15-22(21)41-3)26-24(27(38)25-17(2)33-23-11-7-8-14-36(23)25)28(39)29(40)37(26)30-34-35-31(44-30)43-16-19-9-5-6-10-20(19)32/h5-15,26,38H,4,16H2,1-3H3/b27-24+. The highest BCUT2D eigenvalue weighted by Crippen LogP contribution is 2.46. The number of amides is 1. The second-order valence-electron chi connectivity index (χ2n) is 9.72. The predicted octanol–water partition coefficient (Wildman–Crippen LogP) is 6.47. The third-order valence-corrected chi connectivity index (χ3v) is 9.56. The van der Waals surface area contributed by atoms with Gasteiger partial charge in [0.1, 0.15) is 11.3 Å². The highest BCUT2D eigenvalue weighted by molar-refractivity contribution is 8.00. The maximum absolute atomic E-state index is 13.8. The molecule has 1 amide bonds. The number of imidazole rings is 1. The van der Waals surface area contributed by atoms with Crippen molar-refractivity contribution in [1.29, 1.82) is 0 Å². The molecule has 5 aromatic rings. The molecule has 0 spiro atoms. The van der Waals surface area contributed by atoms with E-state index in [-0.39, 0.29) is 16.5 Å². The summed E-state index contributed by atoms with van der Waals surface area (Å²) in [5.41, 5.74) is 2.74. The number of hydrogen-bond acceptors (Lipinski definition) is 10. The average molecular weight is 648 g/mol. The average Bonchev–Trinajstić information content (AvgIpc) is 3.70. The number of aliphatic hydroxyl groups is 1. The Morgan fingerprint density at radius 3 is 2.66 bits per heavy atom. The van der Waals surface area contributed by atoms with E-state index >= 15 is 0 Å². The summed E-state index contributed by atoms with van der Waals surface area (Å²) in [5.74, 6) is -0.588. The van der Waals surface area contributed by atoms with Gasteiger partial charge in [0.2, 0.25) is 5.13 Å². The quantitative estimate of drug-likeness (QED) is 0.0631. The number of rotatable bonds is 9. The summed E-state index contributed by atoms with van der Waals surface area (Å²) in [6.07, 6.45) is 1.74. The van der Waals surface area contributed by atoms with Gasteiger partial charge in [-0.15, -0.1) is 10.2 Å². The van der Waals surface area contributed by atoms with Gasteiger partial charge >= 0.3 is 5.91 Å². The lowest BCUT2D eigenvalue weighted by molar-refractivity contribution is -0.132. The van der Waals surface area contributed by atoms with Gasteiger partial charge in [0.25, 0.3) is 5.78 Å². The van der Waals surface area contributed by atoms with Gasteiger partial charge in [0.05, 0.1) is 31.0 Å². The Bertz CT molecular complexity index is 1940. The zero-order chi connectivity index (χ0) is 31.0. The van der Waals surface area contributed by atoms with Crippen LogP contribution in [0.5, 0.6) is 11.5 Å². The largest absolute Gasteiger partial charge is 0.505 e. The maximum Gasteiger partial charge on any atom is 0.301 e. The number of pyridine rings is 1. The van der Waals surface area contributed by atoms with Crippen molar-refractivity contribution >= 4 is 62.9 Å². The van der Waals surface area contributed by atoms with Crippen molar-refractivity contribution in [1.82, 2.24) is 19.6 Å². The fourth-order valence-electron chi connectivity index (χ4n) is 5.11. The molecule has 1 N–H and O–H groups in total. The molecule has 0 bridgehead atoms. The molecule has 1 aliphatic rings. The van der Waals surface area contributed by atoms with E-state index in [4.69, 9.17) is 21.1 Å². The van der Waals surface area contributed by atoms with Crippen molar-refractivity contribution in [2.75, 3.05) is 18.6 Å². The van der Waals surface area contributed by atoms with Crippen LogP contribution in [0.25, 0.3) is 11.4 Å². The second-order valence-corrected chi connectivity index (χ2v) is 12.3. The molecule has 44 heavy (non-hydrogen) atoms. The molecule has 1 saturated heterocycles. The number of halogens is 1. The summed E-state index contributed by atoms with van der Waals surface area (Å²) in [6, 6.07) is 17.0. The lowest BCUT2D eigenvalue weighted by Gasteiger charge is -2.23. The summed E-state index contributed by atoms with van der Waals surface area (Å²) in [5, 5.41) is 21.2. The number of nitrogens with zero attached hydrogens (tertiary/aromatic N) is 5. The fraction of sp³-hybridized carbons (Fsp3) is 0.194. The highest BCUT2D eigenvalue weighted by Gasteiger charge is 2.49. The minimum atomic E-state index is -1.04. The van der Waals surface area contributed by atoms with Gasteiger partial charge in [0, 0.05) is 17.0 Å². The molecule has 1 unspecified atom stereocenters. The Kier molecular flexibility index (Phi) is 8.30. The third-order valence-electron chi connectivity index (χ3n) is 7.09. The minimum absolute atomic E-state index is 0.101. The van der Waals surface area contributed by atoms with E-state index < -0.39 is 17.7 Å². The van der Waals surface area contributed by atoms with Gasteiger partial charge < -0.3 is 14.6 Å². The molecule has 224 valence electrons. The molecular formula is C31H26ClN5O5S2. The van der Waals surface area contributed by atoms with Crippen molar-refractivity contribution in [2.24, 2.45) is 0 Å². The Labute approximate surface area is 265 Å². The Morgan fingerprint density at radius 1 is 1.09 bits per heavy atom. The summed E-state index contributed by atoms with van der Waals surface area (Å²) >= 11 is 8.91. The number of ether oxygens (including phenoxy) is 2. The number of hydrogen-bond donors (Lipinski definition) is 1. The SMILES string of the molecule is CCOc1ccc(C2/C(=C(\O)c3c(C)nc4ccccn34)C(=O)C(=O)N2c2nnc(SCc3ccccc3Cl)s2)cc1OC. The topological polar surface area (TPSA) is 119 Å². The molecule has 1 aliphatic heterocycles. The number of carbonyl (C=O) groups excluding carboxylic acids is 2. The third kappa shape index (κ3) is 5.29. The molecule has 13 heteroatoms. The molecule has 0 radical (unpaired) electrons. The molecule has 4 heterocycles. The summed E-state index contributed by atoms with van der Waals surface area (Å²) in [4.78, 5) is 33.3. The summed E-state index contributed by atoms with van der Waals surface area (Å²) in [6.45, 7) is 4.01. The molecule has 3 aromatic heterocycles. The summed E-state index contributed by atoms with van der Waals surface area (Å²) in [7, 11) is 1.51. The highest BCUT2D eigenvalue weighted by atomic mass is 35.5. The van der Waals surface area contributed by atoms with Crippen molar-refractivity contribution in [3.05, 3.63) is 100.0 Å². The number of methoxy groups -OCH3 is 1. The van der Waals surface area contributed by atoms with E-state index in [2.05, 4.69) is 15.2 Å². The lowest BCUT2D eigenvalue weighted by Crippen LogP contribution is -2.29. The van der Waals surface area contributed by atoms with Gasteiger partial charge in [-0.1, -0.05) is 65.0 Å². The normalized spacial score (nSPS) is 16.2. The molecule has 1 fully saturated rings. The van der Waals surface area contributed by atoms with E-state index in [9.17, 15) is 14.7 Å². The van der Waals surface area contributed by atoms with Gasteiger partial charge in [-0.3, -0.25) is 18.9 Å². The minimum Gasteiger partial charge on any atom is -0.505 e. The van der Waals surface area contributed by atoms with E-state index in [0.717, 1.165) is 5.56 Å². The van der Waals surface area contributed by atoms with Gasteiger partial charge in [-0.25, -0.2) is 4.98 Å². The molecule has 2 aromatic carbocycles. The smallest absolute Gasteiger partial charge is 0.301 e. The first-order valence-electron chi connectivity index (χ1n) is 13.6. The number of fused-ring (bicyclic) bond motifs is 1. The monoisotopic (exact) mass is 647 g/mol. The van der Waals surface area contributed by atoms with Crippen LogP contribution in [-0.4, -0.2) is 50.1 Å². The first-order chi connectivity index (χ1) is 21.3. The fourth-order valence-corrected chi connectivity index (χ4v) is 7.27. The van der Waals surface area contributed by atoms with Crippen LogP contribution < -0.4 is 14.4 Å². The van der Waals surface area contributed by atoms with Crippen LogP contribution in [0.3, 0.4) is 0 Å². The zero-order valence-corrected chi connectivity index (χ0v) is 26.2. The van der Waals surface area contributed by atoms with E-state index in [1.807, 2.05) is 37.3 Å². The van der Waals surface area contributed by atoms with Crippen molar-refractivity contribution in [3.63, 3.8) is 0 Å². The van der Waals surface area contributed by atoms with Crippen molar-refractivity contribution < 1.29 is 24.2 Å².